The summed E-state index contributed by atoms with van der Waals surface area (Å²) in [6.07, 6.45) is 26.9. The van der Waals surface area contributed by atoms with E-state index in [9.17, 15) is 9.90 Å². The molecule has 23 heavy (non-hydrogen) atoms. The van der Waals surface area contributed by atoms with Crippen molar-refractivity contribution >= 4 is 5.97 Å². The predicted molar refractivity (Wildman–Crippen MR) is 94.7 cm³/mol. The van der Waals surface area contributed by atoms with Crippen molar-refractivity contribution in [3.63, 3.8) is 0 Å². The van der Waals surface area contributed by atoms with Crippen LogP contribution in [0, 0.1) is 0 Å². The topological polar surface area (TPSA) is 60.4 Å². The van der Waals surface area contributed by atoms with E-state index in [1.165, 1.54) is 0 Å². The highest BCUT2D eigenvalue weighted by Crippen LogP contribution is 1.98. The Morgan fingerprint density at radius 2 is 1.09 bits per heavy atom. The fourth-order valence-corrected chi connectivity index (χ4v) is 1.76. The van der Waals surface area contributed by atoms with Crippen LogP contribution in [0.25, 0.3) is 0 Å². The predicted octanol–water partition coefficient (Wildman–Crippen LogP) is 3.63. The van der Waals surface area contributed by atoms with Crippen molar-refractivity contribution in [2.24, 2.45) is 0 Å². The fraction of sp³-hybridized carbons (Fsp3) is 0.450. The third-order valence-electron chi connectivity index (χ3n) is 2.97. The molecule has 0 unspecified atom stereocenters. The molecule has 0 aliphatic heterocycles. The Hall–Kier alpha value is -1.87. The number of hydrogen-bond donors (Lipinski definition) is 1. The Morgan fingerprint density at radius 3 is 1.48 bits per heavy atom. The Kier molecular flexibility index (Phi) is 16.7. The van der Waals surface area contributed by atoms with E-state index in [0.717, 1.165) is 38.5 Å². The number of carboxylic acid groups (broad SMARTS) is 1. The summed E-state index contributed by atoms with van der Waals surface area (Å²) in [6, 6.07) is 0. The van der Waals surface area contributed by atoms with Crippen LogP contribution in [-0.2, 0) is 4.79 Å². The second-order valence-corrected chi connectivity index (χ2v) is 5.08. The van der Waals surface area contributed by atoms with Gasteiger partial charge in [-0.2, -0.15) is 0 Å². The second kappa shape index (κ2) is 18.2. The molecule has 0 bridgehead atoms. The van der Waals surface area contributed by atoms with Crippen molar-refractivity contribution in [3.05, 3.63) is 60.8 Å². The van der Waals surface area contributed by atoms with Crippen LogP contribution in [0.4, 0.5) is 0 Å². The summed E-state index contributed by atoms with van der Waals surface area (Å²) in [5, 5.41) is 18.8. The summed E-state index contributed by atoms with van der Waals surface area (Å²) in [4.78, 5) is 10.2. The van der Waals surface area contributed by atoms with Crippen LogP contribution in [-0.4, -0.2) is 17.7 Å². The first kappa shape index (κ1) is 21.1. The molecular weight excluding hydrogens is 288 g/mol. The number of carbonyl (C=O) groups is 1. The van der Waals surface area contributed by atoms with E-state index < -0.39 is 5.97 Å². The van der Waals surface area contributed by atoms with Crippen LogP contribution in [0.3, 0.4) is 0 Å². The average Bonchev–Trinajstić information content (AvgIpc) is 2.53. The highest BCUT2D eigenvalue weighted by atomic mass is 16.4. The van der Waals surface area contributed by atoms with Gasteiger partial charge in [-0.1, -0.05) is 60.8 Å². The van der Waals surface area contributed by atoms with Gasteiger partial charge in [0.05, 0.1) is 0 Å². The van der Waals surface area contributed by atoms with Crippen LogP contribution in [0.1, 0.15) is 51.4 Å². The monoisotopic (exact) mass is 317 g/mol. The fourth-order valence-electron chi connectivity index (χ4n) is 1.76. The summed E-state index contributed by atoms with van der Waals surface area (Å²) < 4.78 is 0. The Labute approximate surface area is 140 Å². The first-order valence-electron chi connectivity index (χ1n) is 8.33. The smallest absolute Gasteiger partial charge is 0.0465 e. The zero-order chi connectivity index (χ0) is 17.0. The number of rotatable bonds is 14. The number of allylic oxidation sites excluding steroid dienone is 9. The van der Waals surface area contributed by atoms with Crippen LogP contribution in [0.5, 0.6) is 0 Å². The third kappa shape index (κ3) is 20.1. The second-order valence-electron chi connectivity index (χ2n) is 5.08. The molecule has 0 aliphatic rings. The molecule has 0 radical (unpaired) electrons. The van der Waals surface area contributed by atoms with Gasteiger partial charge in [-0.05, 0) is 51.4 Å². The van der Waals surface area contributed by atoms with Crippen LogP contribution < -0.4 is 5.11 Å². The van der Waals surface area contributed by atoms with Gasteiger partial charge < -0.3 is 15.0 Å². The summed E-state index contributed by atoms with van der Waals surface area (Å²) >= 11 is 0. The number of unbranched alkanes of at least 4 members (excludes halogenated alkanes) is 1. The summed E-state index contributed by atoms with van der Waals surface area (Å²) in [5.74, 6) is -0.974. The van der Waals surface area contributed by atoms with Crippen molar-refractivity contribution < 1.29 is 15.0 Å². The number of hydrogen-bond acceptors (Lipinski definition) is 3. The lowest BCUT2D eigenvalue weighted by atomic mass is 10.2. The molecule has 0 saturated heterocycles. The zero-order valence-electron chi connectivity index (χ0n) is 13.9. The molecule has 0 aromatic heterocycles. The highest BCUT2D eigenvalue weighted by Gasteiger charge is 1.84. The minimum absolute atomic E-state index is 0.137. The van der Waals surface area contributed by atoms with Crippen molar-refractivity contribution in [1.82, 2.24) is 0 Å². The van der Waals surface area contributed by atoms with Crippen LogP contribution in [0.15, 0.2) is 60.8 Å². The Balaban J connectivity index is 3.46. The maximum absolute atomic E-state index is 10.2. The summed E-state index contributed by atoms with van der Waals surface area (Å²) in [6.45, 7) is 0.217. The first-order valence-corrected chi connectivity index (χ1v) is 8.33. The van der Waals surface area contributed by atoms with Crippen LogP contribution >= 0.6 is 0 Å². The molecule has 3 nitrogen and oxygen atoms in total. The number of aliphatic hydroxyl groups is 1. The third-order valence-corrected chi connectivity index (χ3v) is 2.97. The minimum atomic E-state index is -0.974. The summed E-state index contributed by atoms with van der Waals surface area (Å²) in [5.41, 5.74) is 0. The van der Waals surface area contributed by atoms with E-state index in [-0.39, 0.29) is 13.0 Å². The molecule has 0 spiro atoms. The van der Waals surface area contributed by atoms with Gasteiger partial charge >= 0.3 is 0 Å². The van der Waals surface area contributed by atoms with Gasteiger partial charge in [0.25, 0.3) is 0 Å². The standard InChI is InChI=1S/C20H30O3/c21-19-17-15-13-11-9-7-5-3-1-2-4-6-8-10-12-14-16-18-20(22)23/h1,3-4,6-7,9-10,12-13,15,21H,2,5,8,11,14,16-19H2,(H,22,23)/p-1/b3-1-,6-4-,9-7-,12-10-,15-13-. The molecule has 0 heterocycles. The Bertz CT molecular complexity index is 415. The molecular formula is C20H29O3-. The van der Waals surface area contributed by atoms with Crippen LogP contribution in [0.2, 0.25) is 0 Å². The van der Waals surface area contributed by atoms with Gasteiger partial charge in [-0.15, -0.1) is 0 Å². The lowest BCUT2D eigenvalue weighted by Crippen LogP contribution is -2.21. The molecule has 0 rings (SSSR count). The molecule has 0 fully saturated rings. The lowest BCUT2D eigenvalue weighted by Gasteiger charge is -1.97. The minimum Gasteiger partial charge on any atom is -0.550 e. The first-order chi connectivity index (χ1) is 11.3. The van der Waals surface area contributed by atoms with Gasteiger partial charge in [0.15, 0.2) is 0 Å². The van der Waals surface area contributed by atoms with Crippen molar-refractivity contribution in [2.45, 2.75) is 51.4 Å². The average molecular weight is 317 g/mol. The molecule has 0 amide bonds. The molecule has 0 aromatic rings. The molecule has 0 atom stereocenters. The van der Waals surface area contributed by atoms with E-state index in [1.54, 1.807) is 0 Å². The number of carboxylic acids is 1. The van der Waals surface area contributed by atoms with Gasteiger partial charge in [0, 0.05) is 12.6 Å². The van der Waals surface area contributed by atoms with Crippen molar-refractivity contribution in [3.8, 4) is 0 Å². The normalized spacial score (nSPS) is 12.7. The van der Waals surface area contributed by atoms with Gasteiger partial charge in [0.1, 0.15) is 0 Å². The maximum atomic E-state index is 10.2. The number of aliphatic carboxylic acids is 1. The number of carbonyl (C=O) groups excluding carboxylic acids is 1. The summed E-state index contributed by atoms with van der Waals surface area (Å²) in [7, 11) is 0. The molecule has 1 N–H and O–H groups in total. The van der Waals surface area contributed by atoms with E-state index in [2.05, 4.69) is 48.6 Å². The van der Waals surface area contributed by atoms with E-state index in [4.69, 9.17) is 5.11 Å². The van der Waals surface area contributed by atoms with E-state index in [0.29, 0.717) is 6.42 Å². The van der Waals surface area contributed by atoms with Crippen molar-refractivity contribution in [1.29, 1.82) is 0 Å². The molecule has 128 valence electrons. The Morgan fingerprint density at radius 1 is 0.696 bits per heavy atom. The molecule has 0 aromatic carbocycles. The molecule has 0 aliphatic carbocycles. The largest absolute Gasteiger partial charge is 0.550 e. The lowest BCUT2D eigenvalue weighted by molar-refractivity contribution is -0.305. The van der Waals surface area contributed by atoms with Gasteiger partial charge in [0.2, 0.25) is 0 Å². The molecule has 0 saturated carbocycles. The zero-order valence-corrected chi connectivity index (χ0v) is 13.9. The van der Waals surface area contributed by atoms with Gasteiger partial charge in [-0.3, -0.25) is 0 Å². The van der Waals surface area contributed by atoms with Gasteiger partial charge in [-0.25, -0.2) is 0 Å². The van der Waals surface area contributed by atoms with Crippen molar-refractivity contribution in [2.75, 3.05) is 6.61 Å². The molecule has 3 heteroatoms. The highest BCUT2D eigenvalue weighted by molar-refractivity contribution is 5.64. The SMILES string of the molecule is O=C([O-])CCC/C=C\C/C=C\C/C=C\C/C=C\C/C=C\CCO. The van der Waals surface area contributed by atoms with E-state index >= 15 is 0 Å². The van der Waals surface area contributed by atoms with E-state index in [1.807, 2.05) is 12.2 Å². The maximum Gasteiger partial charge on any atom is 0.0465 e. The number of aliphatic hydroxyl groups excluding tert-OH is 1. The quantitative estimate of drug-likeness (QED) is 0.393.